The highest BCUT2D eigenvalue weighted by Crippen LogP contribution is 2.43. The molecule has 5 rings (SSSR count). The number of rotatable bonds is 4. The lowest BCUT2D eigenvalue weighted by Gasteiger charge is -2.41. The Morgan fingerprint density at radius 2 is 2.07 bits per heavy atom. The first-order valence-electron chi connectivity index (χ1n) is 10.5. The number of carbonyl (C=O) groups is 1. The molecule has 2 aliphatic rings. The number of hydrogen-bond acceptors (Lipinski definition) is 7. The molecule has 0 saturated heterocycles. The van der Waals surface area contributed by atoms with Gasteiger partial charge < -0.3 is 10.2 Å². The summed E-state index contributed by atoms with van der Waals surface area (Å²) in [5, 5.41) is 15.6. The molecule has 3 aromatic heterocycles. The van der Waals surface area contributed by atoms with Crippen molar-refractivity contribution in [2.24, 2.45) is 0 Å². The van der Waals surface area contributed by atoms with Gasteiger partial charge in [0.25, 0.3) is 11.9 Å². The minimum atomic E-state index is -0.191. The van der Waals surface area contributed by atoms with Crippen molar-refractivity contribution in [3.8, 4) is 11.6 Å². The van der Waals surface area contributed by atoms with E-state index in [1.807, 2.05) is 11.5 Å². The van der Waals surface area contributed by atoms with Gasteiger partial charge in [-0.1, -0.05) is 19.8 Å². The molecular formula is C20H25N9O. The summed E-state index contributed by atoms with van der Waals surface area (Å²) in [6.45, 7) is 4.14. The van der Waals surface area contributed by atoms with Gasteiger partial charge in [0.1, 0.15) is 12.0 Å². The average Bonchev–Trinajstić information content (AvgIpc) is 3.52. The maximum atomic E-state index is 11.9. The van der Waals surface area contributed by atoms with Gasteiger partial charge in [-0.05, 0) is 26.2 Å². The molecule has 1 atom stereocenters. The highest BCUT2D eigenvalue weighted by Gasteiger charge is 2.39. The van der Waals surface area contributed by atoms with Crippen molar-refractivity contribution in [1.82, 2.24) is 39.8 Å². The first-order chi connectivity index (χ1) is 14.6. The molecule has 1 fully saturated rings. The molecule has 10 nitrogen and oxygen atoms in total. The van der Waals surface area contributed by atoms with E-state index in [4.69, 9.17) is 9.97 Å². The zero-order valence-corrected chi connectivity index (χ0v) is 17.4. The lowest BCUT2D eigenvalue weighted by molar-refractivity contribution is 0.0963. The van der Waals surface area contributed by atoms with Crippen molar-refractivity contribution < 1.29 is 4.79 Å². The number of anilines is 1. The third-order valence-corrected chi connectivity index (χ3v) is 6.10. The van der Waals surface area contributed by atoms with Gasteiger partial charge in [-0.3, -0.25) is 9.36 Å². The first-order valence-corrected chi connectivity index (χ1v) is 10.5. The smallest absolute Gasteiger partial charge is 0.254 e. The Balaban J connectivity index is 1.68. The molecule has 156 valence electrons. The molecule has 1 aliphatic heterocycles. The number of aromatic nitrogens is 7. The average molecular weight is 407 g/mol. The Morgan fingerprint density at radius 3 is 2.80 bits per heavy atom. The van der Waals surface area contributed by atoms with E-state index < -0.39 is 0 Å². The van der Waals surface area contributed by atoms with Crippen LogP contribution in [0, 0.1) is 6.92 Å². The van der Waals surface area contributed by atoms with Crippen LogP contribution < -0.4 is 10.2 Å². The summed E-state index contributed by atoms with van der Waals surface area (Å²) in [6, 6.07) is 0.532. The van der Waals surface area contributed by atoms with E-state index in [1.54, 1.807) is 24.3 Å². The van der Waals surface area contributed by atoms with Crippen molar-refractivity contribution in [2.45, 2.75) is 58.0 Å². The molecule has 0 bridgehead atoms. The minimum absolute atomic E-state index is 0.115. The van der Waals surface area contributed by atoms with Gasteiger partial charge in [0.15, 0.2) is 11.6 Å². The topological polar surface area (TPSA) is 107 Å². The normalized spacial score (nSPS) is 18.4. The monoisotopic (exact) mass is 407 g/mol. The molecule has 30 heavy (non-hydrogen) atoms. The van der Waals surface area contributed by atoms with Gasteiger partial charge in [-0.25, -0.2) is 9.67 Å². The Kier molecular flexibility index (Phi) is 4.48. The Hall–Kier alpha value is -3.30. The largest absolute Gasteiger partial charge is 0.355 e. The summed E-state index contributed by atoms with van der Waals surface area (Å²) in [6.07, 6.45) is 10.6. The molecule has 0 unspecified atom stereocenters. The predicted octanol–water partition coefficient (Wildman–Crippen LogP) is 2.12. The Bertz CT molecular complexity index is 1100. The van der Waals surface area contributed by atoms with Gasteiger partial charge in [-0.15, -0.1) is 10.2 Å². The number of carbonyl (C=O) groups excluding carboxylic acids is 1. The van der Waals surface area contributed by atoms with Crippen LogP contribution in [0.1, 0.15) is 66.9 Å². The quantitative estimate of drug-likeness (QED) is 0.706. The molecule has 0 spiro atoms. The van der Waals surface area contributed by atoms with E-state index in [1.165, 1.54) is 19.0 Å². The van der Waals surface area contributed by atoms with E-state index in [0.29, 0.717) is 17.6 Å². The summed E-state index contributed by atoms with van der Waals surface area (Å²) in [7, 11) is 1.60. The molecule has 10 heteroatoms. The SMILES string of the molecule is CC[C@@H]1c2nncn2-c2c(C)nc(-n3cc(C(=O)NC)cn3)nc2N1C1CCCC1. The number of hydrogen-bond donors (Lipinski definition) is 1. The predicted molar refractivity (Wildman–Crippen MR) is 110 cm³/mol. The summed E-state index contributed by atoms with van der Waals surface area (Å²) in [5.74, 6) is 2.09. The van der Waals surface area contributed by atoms with Crippen LogP contribution in [0.2, 0.25) is 0 Å². The maximum Gasteiger partial charge on any atom is 0.254 e. The van der Waals surface area contributed by atoms with Crippen LogP contribution in [0.25, 0.3) is 11.6 Å². The summed E-state index contributed by atoms with van der Waals surface area (Å²) in [4.78, 5) is 24.0. The van der Waals surface area contributed by atoms with E-state index in [2.05, 4.69) is 32.4 Å². The molecule has 1 saturated carbocycles. The standard InChI is InChI=1S/C20H25N9O/c1-4-15-17-26-22-11-27(17)16-12(2)24-20(28-10-13(9-23-28)19(30)21-3)25-18(16)29(15)14-7-5-6-8-14/h9-11,14-15H,4-8H2,1-3H3,(H,21,30)/t15-/m1/s1. The first kappa shape index (κ1) is 18.7. The maximum absolute atomic E-state index is 11.9. The van der Waals surface area contributed by atoms with E-state index in [-0.39, 0.29) is 11.9 Å². The van der Waals surface area contributed by atoms with E-state index in [9.17, 15) is 4.79 Å². The van der Waals surface area contributed by atoms with Crippen LogP contribution in [0.3, 0.4) is 0 Å². The molecule has 3 aromatic rings. The van der Waals surface area contributed by atoms with Crippen LogP contribution in [0.4, 0.5) is 5.82 Å². The number of amides is 1. The van der Waals surface area contributed by atoms with E-state index >= 15 is 0 Å². The second-order valence-electron chi connectivity index (χ2n) is 7.86. The van der Waals surface area contributed by atoms with Crippen LogP contribution in [0.15, 0.2) is 18.7 Å². The Morgan fingerprint density at radius 1 is 1.27 bits per heavy atom. The van der Waals surface area contributed by atoms with E-state index in [0.717, 1.165) is 42.3 Å². The molecule has 0 aromatic carbocycles. The third-order valence-electron chi connectivity index (χ3n) is 6.10. The molecule has 4 heterocycles. The molecule has 0 radical (unpaired) electrons. The molecular weight excluding hydrogens is 382 g/mol. The van der Waals surface area contributed by atoms with Crippen LogP contribution in [-0.2, 0) is 0 Å². The zero-order valence-electron chi connectivity index (χ0n) is 17.4. The van der Waals surface area contributed by atoms with Crippen molar-refractivity contribution >= 4 is 11.7 Å². The number of nitrogens with zero attached hydrogens (tertiary/aromatic N) is 8. The van der Waals surface area contributed by atoms with Crippen LogP contribution in [-0.4, -0.2) is 53.5 Å². The Labute approximate surface area is 174 Å². The number of aryl methyl sites for hydroxylation is 1. The zero-order chi connectivity index (χ0) is 20.8. The number of nitrogens with one attached hydrogen (secondary N) is 1. The lowest BCUT2D eigenvalue weighted by Crippen LogP contribution is -2.42. The number of fused-ring (bicyclic) bond motifs is 3. The second-order valence-corrected chi connectivity index (χ2v) is 7.86. The van der Waals surface area contributed by atoms with Gasteiger partial charge in [0.05, 0.1) is 23.5 Å². The summed E-state index contributed by atoms with van der Waals surface area (Å²) in [5.41, 5.74) is 2.22. The highest BCUT2D eigenvalue weighted by molar-refractivity contribution is 5.93. The summed E-state index contributed by atoms with van der Waals surface area (Å²) < 4.78 is 3.58. The molecule has 1 amide bonds. The van der Waals surface area contributed by atoms with Crippen molar-refractivity contribution in [1.29, 1.82) is 0 Å². The van der Waals surface area contributed by atoms with Crippen molar-refractivity contribution in [2.75, 3.05) is 11.9 Å². The van der Waals surface area contributed by atoms with Gasteiger partial charge >= 0.3 is 0 Å². The molecule has 1 N–H and O–H groups in total. The van der Waals surface area contributed by atoms with Gasteiger partial charge in [-0.2, -0.15) is 10.1 Å². The second kappa shape index (κ2) is 7.19. The summed E-state index contributed by atoms with van der Waals surface area (Å²) >= 11 is 0. The van der Waals surface area contributed by atoms with Crippen molar-refractivity contribution in [3.05, 3.63) is 35.8 Å². The highest BCUT2D eigenvalue weighted by atomic mass is 16.1. The van der Waals surface area contributed by atoms with Crippen LogP contribution >= 0.6 is 0 Å². The third kappa shape index (κ3) is 2.78. The van der Waals surface area contributed by atoms with Crippen LogP contribution in [0.5, 0.6) is 0 Å². The van der Waals surface area contributed by atoms with Gasteiger partial charge in [0.2, 0.25) is 0 Å². The van der Waals surface area contributed by atoms with Crippen molar-refractivity contribution in [3.63, 3.8) is 0 Å². The fourth-order valence-electron chi connectivity index (χ4n) is 4.70. The minimum Gasteiger partial charge on any atom is -0.355 e. The molecule has 1 aliphatic carbocycles. The fourth-order valence-corrected chi connectivity index (χ4v) is 4.70. The lowest BCUT2D eigenvalue weighted by atomic mass is 10.0. The van der Waals surface area contributed by atoms with Gasteiger partial charge in [0, 0.05) is 19.3 Å². The fraction of sp³-hybridized carbons (Fsp3) is 0.500.